The van der Waals surface area contributed by atoms with E-state index in [0.717, 1.165) is 5.69 Å². The zero-order chi connectivity index (χ0) is 16.1. The Kier molecular flexibility index (Phi) is 4.49. The summed E-state index contributed by atoms with van der Waals surface area (Å²) in [5.74, 6) is 0.712. The number of para-hydroxylation sites is 1. The second-order valence-electron chi connectivity index (χ2n) is 4.76. The van der Waals surface area contributed by atoms with Crippen molar-refractivity contribution in [3.8, 4) is 0 Å². The third-order valence-corrected chi connectivity index (χ3v) is 3.31. The lowest BCUT2D eigenvalue weighted by atomic mass is 10.2. The number of hydrogen-bond donors (Lipinski definition) is 2. The zero-order valence-corrected chi connectivity index (χ0v) is 12.8. The molecule has 0 atom stereocenters. The highest BCUT2D eigenvalue weighted by atomic mass is 35.5. The molecule has 6 heteroatoms. The van der Waals surface area contributed by atoms with Crippen molar-refractivity contribution >= 4 is 34.8 Å². The van der Waals surface area contributed by atoms with Crippen LogP contribution in [0.25, 0.3) is 0 Å². The third kappa shape index (κ3) is 4.05. The Morgan fingerprint density at radius 2 is 1.48 bits per heavy atom. The first-order valence-electron chi connectivity index (χ1n) is 6.93. The maximum absolute atomic E-state index is 12.1. The van der Waals surface area contributed by atoms with Crippen LogP contribution in [0, 0.1) is 0 Å². The van der Waals surface area contributed by atoms with Crippen LogP contribution in [-0.4, -0.2) is 16.1 Å². The second kappa shape index (κ2) is 6.89. The molecule has 0 bridgehead atoms. The summed E-state index contributed by atoms with van der Waals surface area (Å²) < 4.78 is 0. The molecule has 0 spiro atoms. The van der Waals surface area contributed by atoms with Crippen molar-refractivity contribution in [1.29, 1.82) is 0 Å². The molecule has 0 aliphatic carbocycles. The lowest BCUT2D eigenvalue weighted by molar-refractivity contribution is 0.102. The summed E-state index contributed by atoms with van der Waals surface area (Å²) in [5, 5.41) is 14.4. The van der Waals surface area contributed by atoms with Gasteiger partial charge in [0.2, 0.25) is 0 Å². The molecule has 0 aliphatic rings. The van der Waals surface area contributed by atoms with E-state index in [4.69, 9.17) is 11.6 Å². The van der Waals surface area contributed by atoms with Crippen molar-refractivity contribution in [1.82, 2.24) is 10.2 Å². The first kappa shape index (κ1) is 15.0. The van der Waals surface area contributed by atoms with Crippen LogP contribution in [0.5, 0.6) is 0 Å². The molecule has 0 fully saturated rings. The minimum atomic E-state index is -0.264. The number of nitrogens with one attached hydrogen (secondary N) is 2. The Labute approximate surface area is 138 Å². The Bertz CT molecular complexity index is 789. The van der Waals surface area contributed by atoms with Gasteiger partial charge in [-0.1, -0.05) is 29.8 Å². The van der Waals surface area contributed by atoms with Gasteiger partial charge in [0, 0.05) is 16.3 Å². The number of anilines is 3. The second-order valence-corrected chi connectivity index (χ2v) is 5.19. The number of hydrogen-bond acceptors (Lipinski definition) is 4. The fourth-order valence-electron chi connectivity index (χ4n) is 1.92. The summed E-state index contributed by atoms with van der Waals surface area (Å²) in [6, 6.07) is 19.7. The highest BCUT2D eigenvalue weighted by molar-refractivity contribution is 6.30. The van der Waals surface area contributed by atoms with Crippen molar-refractivity contribution < 1.29 is 4.79 Å². The fraction of sp³-hybridized carbons (Fsp3) is 0. The van der Waals surface area contributed by atoms with Gasteiger partial charge in [0.15, 0.2) is 11.6 Å². The summed E-state index contributed by atoms with van der Waals surface area (Å²) in [6.07, 6.45) is 0. The number of rotatable bonds is 4. The van der Waals surface area contributed by atoms with Crippen LogP contribution in [0.4, 0.5) is 17.3 Å². The van der Waals surface area contributed by atoms with Crippen molar-refractivity contribution in [3.63, 3.8) is 0 Å². The minimum absolute atomic E-state index is 0.264. The fourth-order valence-corrected chi connectivity index (χ4v) is 2.05. The Morgan fingerprint density at radius 1 is 0.826 bits per heavy atom. The van der Waals surface area contributed by atoms with Crippen molar-refractivity contribution in [2.45, 2.75) is 0 Å². The summed E-state index contributed by atoms with van der Waals surface area (Å²) in [4.78, 5) is 12.1. The Balaban J connectivity index is 1.65. The van der Waals surface area contributed by atoms with Crippen LogP contribution in [0.2, 0.25) is 5.02 Å². The topological polar surface area (TPSA) is 66.9 Å². The zero-order valence-electron chi connectivity index (χ0n) is 12.0. The molecule has 0 radical (unpaired) electrons. The number of benzene rings is 2. The van der Waals surface area contributed by atoms with Gasteiger partial charge in [-0.15, -0.1) is 10.2 Å². The number of nitrogens with zero attached hydrogens (tertiary/aromatic N) is 2. The van der Waals surface area contributed by atoms with E-state index in [2.05, 4.69) is 20.8 Å². The van der Waals surface area contributed by atoms with Crippen LogP contribution in [0.15, 0.2) is 66.7 Å². The van der Waals surface area contributed by atoms with Crippen LogP contribution >= 0.6 is 11.6 Å². The molecule has 2 aromatic carbocycles. The van der Waals surface area contributed by atoms with Gasteiger partial charge in [-0.2, -0.15) is 0 Å². The number of amides is 1. The van der Waals surface area contributed by atoms with Crippen LogP contribution < -0.4 is 10.6 Å². The quantitative estimate of drug-likeness (QED) is 0.757. The molecule has 5 nitrogen and oxygen atoms in total. The molecule has 3 aromatic rings. The van der Waals surface area contributed by atoms with E-state index in [1.54, 1.807) is 36.4 Å². The predicted molar refractivity (Wildman–Crippen MR) is 91.2 cm³/mol. The number of carbonyl (C=O) groups excluding carboxylic acids is 1. The molecule has 0 saturated carbocycles. The van der Waals surface area contributed by atoms with Crippen molar-refractivity contribution in [2.75, 3.05) is 10.6 Å². The normalized spacial score (nSPS) is 10.1. The molecule has 114 valence electrons. The van der Waals surface area contributed by atoms with Gasteiger partial charge in [0.25, 0.3) is 5.91 Å². The number of carbonyl (C=O) groups is 1. The molecule has 0 unspecified atom stereocenters. The summed E-state index contributed by atoms with van der Waals surface area (Å²) in [6.45, 7) is 0. The molecule has 23 heavy (non-hydrogen) atoms. The molecule has 2 N–H and O–H groups in total. The average Bonchev–Trinajstić information content (AvgIpc) is 2.58. The molecule has 0 saturated heterocycles. The van der Waals surface area contributed by atoms with E-state index >= 15 is 0 Å². The van der Waals surface area contributed by atoms with Crippen LogP contribution in [0.3, 0.4) is 0 Å². The largest absolute Gasteiger partial charge is 0.339 e. The smallest absolute Gasteiger partial charge is 0.256 e. The van der Waals surface area contributed by atoms with Gasteiger partial charge >= 0.3 is 0 Å². The molecular formula is C17H13ClN4O. The molecule has 1 amide bonds. The van der Waals surface area contributed by atoms with Gasteiger partial charge < -0.3 is 10.6 Å². The molecule has 3 rings (SSSR count). The van der Waals surface area contributed by atoms with Crippen LogP contribution in [-0.2, 0) is 0 Å². The monoisotopic (exact) mass is 324 g/mol. The van der Waals surface area contributed by atoms with E-state index in [1.165, 1.54) is 0 Å². The van der Waals surface area contributed by atoms with Gasteiger partial charge in [0.05, 0.1) is 0 Å². The maximum Gasteiger partial charge on any atom is 0.256 e. The van der Waals surface area contributed by atoms with Gasteiger partial charge in [-0.25, -0.2) is 0 Å². The van der Waals surface area contributed by atoms with Crippen LogP contribution in [0.1, 0.15) is 10.4 Å². The lowest BCUT2D eigenvalue weighted by Crippen LogP contribution is -2.13. The SMILES string of the molecule is O=C(Nc1ccc(Nc2ccccc2)nn1)c1ccc(Cl)cc1. The van der Waals surface area contributed by atoms with Crippen molar-refractivity contribution in [2.24, 2.45) is 0 Å². The number of halogens is 1. The first-order valence-corrected chi connectivity index (χ1v) is 7.31. The van der Waals surface area contributed by atoms with Gasteiger partial charge in [-0.3, -0.25) is 4.79 Å². The highest BCUT2D eigenvalue weighted by Crippen LogP contribution is 2.15. The van der Waals surface area contributed by atoms with Gasteiger partial charge in [0.1, 0.15) is 0 Å². The van der Waals surface area contributed by atoms with E-state index in [9.17, 15) is 4.79 Å². The number of aromatic nitrogens is 2. The highest BCUT2D eigenvalue weighted by Gasteiger charge is 2.07. The van der Waals surface area contributed by atoms with Gasteiger partial charge in [-0.05, 0) is 48.5 Å². The summed E-state index contributed by atoms with van der Waals surface area (Å²) in [5.41, 5.74) is 1.42. The van der Waals surface area contributed by atoms with E-state index < -0.39 is 0 Å². The maximum atomic E-state index is 12.1. The van der Waals surface area contributed by atoms with E-state index in [-0.39, 0.29) is 5.91 Å². The molecule has 0 aliphatic heterocycles. The molecule has 1 heterocycles. The summed E-state index contributed by atoms with van der Waals surface area (Å²) in [7, 11) is 0. The minimum Gasteiger partial charge on any atom is -0.339 e. The Morgan fingerprint density at radius 3 is 2.13 bits per heavy atom. The summed E-state index contributed by atoms with van der Waals surface area (Å²) >= 11 is 5.80. The third-order valence-electron chi connectivity index (χ3n) is 3.06. The predicted octanol–water partition coefficient (Wildman–Crippen LogP) is 4.13. The molecular weight excluding hydrogens is 312 g/mol. The standard InChI is InChI=1S/C17H13ClN4O/c18-13-8-6-12(7-9-13)17(23)20-16-11-10-15(21-22-16)19-14-4-2-1-3-5-14/h1-11H,(H,19,21)(H,20,22,23). The lowest BCUT2D eigenvalue weighted by Gasteiger charge is -2.06. The Hall–Kier alpha value is -2.92. The average molecular weight is 325 g/mol. The van der Waals surface area contributed by atoms with E-state index in [0.29, 0.717) is 22.2 Å². The van der Waals surface area contributed by atoms with Crippen molar-refractivity contribution in [3.05, 3.63) is 77.3 Å². The molecule has 1 aromatic heterocycles. The van der Waals surface area contributed by atoms with E-state index in [1.807, 2.05) is 30.3 Å². The first-order chi connectivity index (χ1) is 11.2.